The molecule has 7 heteroatoms. The molecule has 2 N–H and O–H groups in total. The number of benzene rings is 1. The molecule has 0 bridgehead atoms. The van der Waals surface area contributed by atoms with E-state index in [1.807, 2.05) is 13.8 Å². The normalized spacial score (nSPS) is 13.6. The zero-order valence-corrected chi connectivity index (χ0v) is 13.1. The zero-order chi connectivity index (χ0) is 14.6. The number of nitrogens with two attached hydrogens (primary N) is 1. The van der Waals surface area contributed by atoms with E-state index in [9.17, 15) is 8.42 Å². The average molecular weight is 326 g/mol. The molecule has 0 aliphatic rings. The summed E-state index contributed by atoms with van der Waals surface area (Å²) >= 11 is 11.8. The van der Waals surface area contributed by atoms with Crippen molar-refractivity contribution in [3.05, 3.63) is 28.2 Å². The van der Waals surface area contributed by atoms with Gasteiger partial charge < -0.3 is 4.74 Å². The number of sulfonamides is 1. The Morgan fingerprint density at radius 1 is 1.32 bits per heavy atom. The van der Waals surface area contributed by atoms with E-state index in [1.165, 1.54) is 0 Å². The van der Waals surface area contributed by atoms with Gasteiger partial charge in [0.2, 0.25) is 10.0 Å². The standard InChI is InChI=1S/C12H17Cl2NO3S/c1-8(2)9(7-19(15,16)17)6-18-12-4-3-10(13)5-11(12)14/h3-5,8-9H,6-7H2,1-2H3,(H2,15,16,17). The molecule has 0 radical (unpaired) electrons. The first-order valence-corrected chi connectivity index (χ1v) is 8.24. The van der Waals surface area contributed by atoms with Crippen molar-refractivity contribution in [2.45, 2.75) is 13.8 Å². The highest BCUT2D eigenvalue weighted by atomic mass is 35.5. The van der Waals surface area contributed by atoms with Crippen LogP contribution in [0.3, 0.4) is 0 Å². The molecule has 4 nitrogen and oxygen atoms in total. The predicted octanol–water partition coefficient (Wildman–Crippen LogP) is 2.93. The fourth-order valence-electron chi connectivity index (χ4n) is 1.52. The van der Waals surface area contributed by atoms with E-state index >= 15 is 0 Å². The van der Waals surface area contributed by atoms with E-state index in [4.69, 9.17) is 33.1 Å². The van der Waals surface area contributed by atoms with Gasteiger partial charge in [0.25, 0.3) is 0 Å². The summed E-state index contributed by atoms with van der Waals surface area (Å²) in [5.74, 6) is 0.299. The lowest BCUT2D eigenvalue weighted by atomic mass is 9.99. The second kappa shape index (κ2) is 6.79. The van der Waals surface area contributed by atoms with Gasteiger partial charge in [-0.2, -0.15) is 0 Å². The zero-order valence-electron chi connectivity index (χ0n) is 10.8. The van der Waals surface area contributed by atoms with E-state index in [0.717, 1.165) is 0 Å². The topological polar surface area (TPSA) is 69.4 Å². The van der Waals surface area contributed by atoms with Crippen molar-refractivity contribution in [2.24, 2.45) is 17.0 Å². The Labute approximate surface area is 123 Å². The summed E-state index contributed by atoms with van der Waals surface area (Å²) in [4.78, 5) is 0. The molecule has 0 heterocycles. The second-order valence-corrected chi connectivity index (χ2v) is 7.22. The monoisotopic (exact) mass is 325 g/mol. The molecule has 19 heavy (non-hydrogen) atoms. The van der Waals surface area contributed by atoms with Gasteiger partial charge in [0.15, 0.2) is 0 Å². The third-order valence-electron chi connectivity index (χ3n) is 2.74. The van der Waals surface area contributed by atoms with Crippen LogP contribution >= 0.6 is 23.2 Å². The molecule has 1 aromatic carbocycles. The van der Waals surface area contributed by atoms with Gasteiger partial charge in [0.05, 0.1) is 17.4 Å². The molecule has 1 rings (SSSR count). The summed E-state index contributed by atoms with van der Waals surface area (Å²) in [5, 5.41) is 5.98. The van der Waals surface area contributed by atoms with Gasteiger partial charge in [-0.25, -0.2) is 13.6 Å². The Balaban J connectivity index is 2.71. The molecule has 0 aromatic heterocycles. The number of rotatable bonds is 6. The van der Waals surface area contributed by atoms with Crippen LogP contribution in [0.4, 0.5) is 0 Å². The summed E-state index contributed by atoms with van der Waals surface area (Å²) in [7, 11) is -3.52. The van der Waals surface area contributed by atoms with Crippen molar-refractivity contribution >= 4 is 33.2 Å². The molecule has 108 valence electrons. The molecular formula is C12H17Cl2NO3S. The minimum absolute atomic E-state index is 0.115. The minimum atomic E-state index is -3.52. The number of hydrogen-bond donors (Lipinski definition) is 1. The quantitative estimate of drug-likeness (QED) is 0.874. The molecule has 1 atom stereocenters. The van der Waals surface area contributed by atoms with Gasteiger partial charge in [-0.05, 0) is 24.1 Å². The predicted molar refractivity (Wildman–Crippen MR) is 78.3 cm³/mol. The Kier molecular flexibility index (Phi) is 5.92. The first kappa shape index (κ1) is 16.6. The minimum Gasteiger partial charge on any atom is -0.492 e. The summed E-state index contributed by atoms with van der Waals surface area (Å²) in [6, 6.07) is 4.88. The van der Waals surface area contributed by atoms with Crippen molar-refractivity contribution in [1.29, 1.82) is 0 Å². The van der Waals surface area contributed by atoms with Crippen molar-refractivity contribution in [3.63, 3.8) is 0 Å². The number of primary sulfonamides is 1. The first-order valence-electron chi connectivity index (χ1n) is 5.77. The number of ether oxygens (including phenoxy) is 1. The fourth-order valence-corrected chi connectivity index (χ4v) is 3.06. The summed E-state index contributed by atoms with van der Waals surface area (Å²) < 4.78 is 27.8. The van der Waals surface area contributed by atoms with E-state index in [2.05, 4.69) is 0 Å². The van der Waals surface area contributed by atoms with Crippen LogP contribution in [0.2, 0.25) is 10.0 Å². The number of halogens is 2. The molecule has 0 aliphatic heterocycles. The van der Waals surface area contributed by atoms with Gasteiger partial charge >= 0.3 is 0 Å². The molecule has 0 fully saturated rings. The molecule has 0 amide bonds. The maximum Gasteiger partial charge on any atom is 0.209 e. The van der Waals surface area contributed by atoms with Gasteiger partial charge in [0.1, 0.15) is 5.75 Å². The van der Waals surface area contributed by atoms with E-state index in [0.29, 0.717) is 15.8 Å². The summed E-state index contributed by atoms with van der Waals surface area (Å²) in [6.45, 7) is 4.07. The molecule has 0 saturated heterocycles. The van der Waals surface area contributed by atoms with Crippen LogP contribution in [-0.4, -0.2) is 20.8 Å². The van der Waals surface area contributed by atoms with Gasteiger partial charge in [-0.15, -0.1) is 0 Å². The van der Waals surface area contributed by atoms with Crippen molar-refractivity contribution < 1.29 is 13.2 Å². The molecule has 0 aliphatic carbocycles. The molecule has 1 aromatic rings. The fraction of sp³-hybridized carbons (Fsp3) is 0.500. The highest BCUT2D eigenvalue weighted by Crippen LogP contribution is 2.28. The first-order chi connectivity index (χ1) is 8.69. The highest BCUT2D eigenvalue weighted by Gasteiger charge is 2.20. The number of hydrogen-bond acceptors (Lipinski definition) is 3. The van der Waals surface area contributed by atoms with Crippen LogP contribution in [0, 0.1) is 11.8 Å². The van der Waals surface area contributed by atoms with Crippen LogP contribution in [0.15, 0.2) is 18.2 Å². The maximum atomic E-state index is 11.1. The second-order valence-electron chi connectivity index (χ2n) is 4.72. The maximum absolute atomic E-state index is 11.1. The van der Waals surface area contributed by atoms with Crippen LogP contribution in [0.25, 0.3) is 0 Å². The molecule has 0 spiro atoms. The van der Waals surface area contributed by atoms with Crippen molar-refractivity contribution in [3.8, 4) is 5.75 Å². The highest BCUT2D eigenvalue weighted by molar-refractivity contribution is 7.89. The smallest absolute Gasteiger partial charge is 0.209 e. The van der Waals surface area contributed by atoms with Gasteiger partial charge in [-0.3, -0.25) is 0 Å². The Morgan fingerprint density at radius 3 is 2.42 bits per heavy atom. The molecule has 0 saturated carbocycles. The lowest BCUT2D eigenvalue weighted by molar-refractivity contribution is 0.225. The average Bonchev–Trinajstić information content (AvgIpc) is 2.24. The Morgan fingerprint density at radius 2 is 1.95 bits per heavy atom. The SMILES string of the molecule is CC(C)C(COc1ccc(Cl)cc1Cl)CS(N)(=O)=O. The van der Waals surface area contributed by atoms with Crippen LogP contribution in [-0.2, 0) is 10.0 Å². The van der Waals surface area contributed by atoms with Gasteiger partial charge in [0, 0.05) is 10.9 Å². The van der Waals surface area contributed by atoms with Crippen LogP contribution in [0.5, 0.6) is 5.75 Å². The van der Waals surface area contributed by atoms with E-state index < -0.39 is 10.0 Å². The Hall–Kier alpha value is -0.490. The summed E-state index contributed by atoms with van der Waals surface area (Å²) in [6.07, 6.45) is 0. The Bertz CT molecular complexity index is 532. The van der Waals surface area contributed by atoms with Crippen molar-refractivity contribution in [2.75, 3.05) is 12.4 Å². The molecule has 1 unspecified atom stereocenters. The van der Waals surface area contributed by atoms with E-state index in [-0.39, 0.29) is 24.2 Å². The molecular weight excluding hydrogens is 309 g/mol. The van der Waals surface area contributed by atoms with Crippen molar-refractivity contribution in [1.82, 2.24) is 0 Å². The van der Waals surface area contributed by atoms with E-state index in [1.54, 1.807) is 18.2 Å². The third-order valence-corrected chi connectivity index (χ3v) is 4.16. The largest absolute Gasteiger partial charge is 0.492 e. The third kappa shape index (κ3) is 5.99. The lowest BCUT2D eigenvalue weighted by Gasteiger charge is -2.20. The lowest BCUT2D eigenvalue weighted by Crippen LogP contribution is -2.30. The van der Waals surface area contributed by atoms with Crippen LogP contribution < -0.4 is 9.88 Å². The van der Waals surface area contributed by atoms with Gasteiger partial charge in [-0.1, -0.05) is 37.0 Å². The summed E-state index contributed by atoms with van der Waals surface area (Å²) in [5.41, 5.74) is 0. The van der Waals surface area contributed by atoms with Crippen LogP contribution in [0.1, 0.15) is 13.8 Å².